The summed E-state index contributed by atoms with van der Waals surface area (Å²) < 4.78 is 76.6. The van der Waals surface area contributed by atoms with Crippen LogP contribution >= 0.6 is 0 Å². The predicted molar refractivity (Wildman–Crippen MR) is 80.6 cm³/mol. The van der Waals surface area contributed by atoms with Crippen LogP contribution < -0.4 is 10.9 Å². The number of nitrogens with one attached hydrogen (secondary N) is 2. The van der Waals surface area contributed by atoms with E-state index in [2.05, 4.69) is 0 Å². The quantitative estimate of drug-likeness (QED) is 0.459. The van der Waals surface area contributed by atoms with Gasteiger partial charge in [-0.2, -0.15) is 26.3 Å². The van der Waals surface area contributed by atoms with Gasteiger partial charge in [0.2, 0.25) is 0 Å². The first-order valence-electron chi connectivity index (χ1n) is 6.99. The lowest BCUT2D eigenvalue weighted by Gasteiger charge is -2.14. The van der Waals surface area contributed by atoms with E-state index in [0.717, 1.165) is 12.1 Å². The topological polar surface area (TPSA) is 84.3 Å². The molecule has 2 aromatic carbocycles. The van der Waals surface area contributed by atoms with Gasteiger partial charge in [-0.1, -0.05) is 12.1 Å². The molecule has 2 aromatic rings. The van der Waals surface area contributed by atoms with E-state index in [9.17, 15) is 41.3 Å². The molecule has 0 aliphatic rings. The molecule has 0 aliphatic carbocycles. The van der Waals surface area contributed by atoms with Gasteiger partial charge in [0.05, 0.1) is 21.6 Å². The molecule has 0 radical (unpaired) electrons. The maximum atomic E-state index is 12.9. The Morgan fingerprint density at radius 3 is 2.15 bits per heavy atom. The van der Waals surface area contributed by atoms with Gasteiger partial charge < -0.3 is 0 Å². The number of anilines is 1. The molecular formula is C15H9F6N3O3. The van der Waals surface area contributed by atoms with Crippen LogP contribution in [0.4, 0.5) is 37.7 Å². The van der Waals surface area contributed by atoms with Crippen LogP contribution in [-0.4, -0.2) is 10.8 Å². The molecule has 12 heteroatoms. The lowest BCUT2D eigenvalue weighted by Crippen LogP contribution is -2.31. The first kappa shape index (κ1) is 20.0. The summed E-state index contributed by atoms with van der Waals surface area (Å²) in [5.41, 5.74) is -1.09. The Balaban J connectivity index is 2.27. The molecule has 6 nitrogen and oxygen atoms in total. The highest BCUT2D eigenvalue weighted by atomic mass is 19.4. The zero-order chi connectivity index (χ0) is 20.4. The smallest absolute Gasteiger partial charge is 0.292 e. The van der Waals surface area contributed by atoms with E-state index in [1.54, 1.807) is 5.43 Å². The molecule has 0 aromatic heterocycles. The predicted octanol–water partition coefficient (Wildman–Crippen LogP) is 4.39. The van der Waals surface area contributed by atoms with E-state index in [-0.39, 0.29) is 6.07 Å². The second kappa shape index (κ2) is 7.13. The number of amides is 1. The van der Waals surface area contributed by atoms with Crippen LogP contribution in [0.15, 0.2) is 42.5 Å². The van der Waals surface area contributed by atoms with Gasteiger partial charge in [-0.25, -0.2) is 0 Å². The van der Waals surface area contributed by atoms with Gasteiger partial charge in [0, 0.05) is 6.07 Å². The Morgan fingerprint density at radius 1 is 0.963 bits per heavy atom. The van der Waals surface area contributed by atoms with E-state index in [0.29, 0.717) is 18.2 Å². The number of nitro groups is 1. The van der Waals surface area contributed by atoms with E-state index >= 15 is 0 Å². The van der Waals surface area contributed by atoms with E-state index < -0.39 is 51.2 Å². The van der Waals surface area contributed by atoms with Crippen LogP contribution in [0, 0.1) is 10.1 Å². The third-order valence-electron chi connectivity index (χ3n) is 3.31. The van der Waals surface area contributed by atoms with Gasteiger partial charge >= 0.3 is 12.4 Å². The normalized spacial score (nSPS) is 11.8. The number of nitro benzene ring substituents is 1. The van der Waals surface area contributed by atoms with Crippen molar-refractivity contribution in [3.05, 3.63) is 69.3 Å². The summed E-state index contributed by atoms with van der Waals surface area (Å²) in [6, 6.07) is 5.20. The van der Waals surface area contributed by atoms with Crippen LogP contribution in [0.2, 0.25) is 0 Å². The molecule has 0 saturated heterocycles. The zero-order valence-corrected chi connectivity index (χ0v) is 13.0. The van der Waals surface area contributed by atoms with Gasteiger partial charge in [-0.05, 0) is 24.3 Å². The van der Waals surface area contributed by atoms with Crippen LogP contribution in [0.1, 0.15) is 21.5 Å². The molecule has 0 fully saturated rings. The molecule has 0 saturated carbocycles. The zero-order valence-electron chi connectivity index (χ0n) is 13.0. The Hall–Kier alpha value is -3.31. The standard InChI is InChI=1S/C15H9F6N3O3/c16-14(17,18)8-5-6-11(12(7-8)24(26)27)22-23-13(25)9-3-1-2-4-10(9)15(19,20)21/h1-7,22H,(H,23,25). The Labute approximate surface area is 146 Å². The van der Waals surface area contributed by atoms with Gasteiger partial charge in [-0.3, -0.25) is 25.8 Å². The molecule has 2 N–H and O–H groups in total. The van der Waals surface area contributed by atoms with E-state index in [1.165, 1.54) is 6.07 Å². The minimum atomic E-state index is -4.84. The number of rotatable bonds is 4. The van der Waals surface area contributed by atoms with Crippen molar-refractivity contribution in [3.63, 3.8) is 0 Å². The SMILES string of the molecule is O=C(NNc1ccc(C(F)(F)F)cc1[N+](=O)[O-])c1ccccc1C(F)(F)F. The molecule has 2 rings (SSSR count). The first-order chi connectivity index (χ1) is 12.4. The minimum Gasteiger partial charge on any atom is -0.292 e. The Morgan fingerprint density at radius 2 is 1.59 bits per heavy atom. The monoisotopic (exact) mass is 393 g/mol. The summed E-state index contributed by atoms with van der Waals surface area (Å²) in [4.78, 5) is 21.8. The van der Waals surface area contributed by atoms with Gasteiger partial charge in [0.25, 0.3) is 11.6 Å². The summed E-state index contributed by atoms with van der Waals surface area (Å²) in [5, 5.41) is 10.9. The second-order valence-corrected chi connectivity index (χ2v) is 5.11. The fraction of sp³-hybridized carbons (Fsp3) is 0.133. The highest BCUT2D eigenvalue weighted by Gasteiger charge is 2.35. The molecule has 0 atom stereocenters. The van der Waals surface area contributed by atoms with Crippen molar-refractivity contribution >= 4 is 17.3 Å². The van der Waals surface area contributed by atoms with Crippen LogP contribution in [0.5, 0.6) is 0 Å². The lowest BCUT2D eigenvalue weighted by molar-refractivity contribution is -0.384. The van der Waals surface area contributed by atoms with Crippen molar-refractivity contribution in [2.24, 2.45) is 0 Å². The lowest BCUT2D eigenvalue weighted by atomic mass is 10.1. The minimum absolute atomic E-state index is 0.234. The highest BCUT2D eigenvalue weighted by Crippen LogP contribution is 2.35. The number of carbonyl (C=O) groups is 1. The van der Waals surface area contributed by atoms with E-state index in [1.807, 2.05) is 5.43 Å². The van der Waals surface area contributed by atoms with Crippen LogP contribution in [-0.2, 0) is 12.4 Å². The molecule has 0 bridgehead atoms. The summed E-state index contributed by atoms with van der Waals surface area (Å²) in [5.74, 6) is -1.28. The average Bonchev–Trinajstić information content (AvgIpc) is 2.57. The van der Waals surface area contributed by atoms with Crippen molar-refractivity contribution in [2.75, 3.05) is 5.43 Å². The molecular weight excluding hydrogens is 384 g/mol. The summed E-state index contributed by atoms with van der Waals surface area (Å²) in [6.07, 6.45) is -9.66. The fourth-order valence-electron chi connectivity index (χ4n) is 2.08. The van der Waals surface area contributed by atoms with Crippen molar-refractivity contribution in [2.45, 2.75) is 12.4 Å². The number of alkyl halides is 6. The number of hydrogen-bond acceptors (Lipinski definition) is 4. The number of hydrazine groups is 1. The Bertz CT molecular complexity index is 880. The first-order valence-corrected chi connectivity index (χ1v) is 6.99. The molecule has 144 valence electrons. The van der Waals surface area contributed by atoms with Crippen molar-refractivity contribution in [1.29, 1.82) is 0 Å². The third-order valence-corrected chi connectivity index (χ3v) is 3.31. The van der Waals surface area contributed by atoms with Crippen molar-refractivity contribution < 1.29 is 36.1 Å². The molecule has 27 heavy (non-hydrogen) atoms. The van der Waals surface area contributed by atoms with Gasteiger partial charge in [-0.15, -0.1) is 0 Å². The maximum Gasteiger partial charge on any atom is 0.417 e. The number of carbonyl (C=O) groups excluding carboxylic acids is 1. The summed E-state index contributed by atoms with van der Waals surface area (Å²) in [7, 11) is 0. The number of halogens is 6. The average molecular weight is 393 g/mol. The maximum absolute atomic E-state index is 12.9. The van der Waals surface area contributed by atoms with Gasteiger partial charge in [0.15, 0.2) is 0 Å². The molecule has 0 unspecified atom stereocenters. The number of nitrogens with zero attached hydrogens (tertiary/aromatic N) is 1. The molecule has 1 amide bonds. The van der Waals surface area contributed by atoms with Gasteiger partial charge in [0.1, 0.15) is 5.69 Å². The van der Waals surface area contributed by atoms with Crippen molar-refractivity contribution in [1.82, 2.24) is 5.43 Å². The second-order valence-electron chi connectivity index (χ2n) is 5.11. The molecule has 0 aliphatic heterocycles. The number of benzene rings is 2. The summed E-state index contributed by atoms with van der Waals surface area (Å²) in [6.45, 7) is 0. The largest absolute Gasteiger partial charge is 0.417 e. The van der Waals surface area contributed by atoms with Crippen LogP contribution in [0.25, 0.3) is 0 Å². The summed E-state index contributed by atoms with van der Waals surface area (Å²) >= 11 is 0. The van der Waals surface area contributed by atoms with Crippen molar-refractivity contribution in [3.8, 4) is 0 Å². The van der Waals surface area contributed by atoms with E-state index in [4.69, 9.17) is 0 Å². The number of hydrogen-bond donors (Lipinski definition) is 2. The molecule has 0 heterocycles. The third kappa shape index (κ3) is 4.65. The highest BCUT2D eigenvalue weighted by molar-refractivity contribution is 5.96. The fourth-order valence-corrected chi connectivity index (χ4v) is 2.08. The Kier molecular flexibility index (Phi) is 5.28. The molecule has 0 spiro atoms. The van der Waals surface area contributed by atoms with Crippen LogP contribution in [0.3, 0.4) is 0 Å².